The van der Waals surface area contributed by atoms with E-state index in [0.717, 1.165) is 0 Å². The van der Waals surface area contributed by atoms with Crippen LogP contribution in [0.3, 0.4) is 0 Å². The third-order valence-corrected chi connectivity index (χ3v) is 5.45. The highest BCUT2D eigenvalue weighted by Crippen LogP contribution is 2.36. The third kappa shape index (κ3) is 2.88. The lowest BCUT2D eigenvalue weighted by Crippen LogP contribution is -2.52. The Morgan fingerprint density at radius 2 is 2.05 bits per heavy atom. The van der Waals surface area contributed by atoms with Gasteiger partial charge in [0.25, 0.3) is 0 Å². The number of hydrogen-bond donors (Lipinski definition) is 2. The Morgan fingerprint density at radius 1 is 1.40 bits per heavy atom. The van der Waals surface area contributed by atoms with E-state index in [2.05, 4.69) is 0 Å². The van der Waals surface area contributed by atoms with Gasteiger partial charge in [-0.2, -0.15) is 0 Å². The molecule has 0 spiro atoms. The van der Waals surface area contributed by atoms with E-state index in [4.69, 9.17) is 0 Å². The lowest BCUT2D eigenvalue weighted by molar-refractivity contribution is -0.141. The van der Waals surface area contributed by atoms with Crippen LogP contribution in [0.4, 0.5) is 4.79 Å². The van der Waals surface area contributed by atoms with Gasteiger partial charge in [0.05, 0.1) is 17.5 Å². The van der Waals surface area contributed by atoms with Gasteiger partial charge >= 0.3 is 12.0 Å². The van der Waals surface area contributed by atoms with Gasteiger partial charge in [0.1, 0.15) is 6.04 Å². The molecule has 0 saturated carbocycles. The molecule has 0 aromatic heterocycles. The number of rotatable bonds is 2. The molecule has 2 saturated heterocycles. The SMILES string of the molecule is CC(C)C1SCC(C(=O)O)N1C(=O)N1CCC(C)(O)C1. The van der Waals surface area contributed by atoms with E-state index in [0.29, 0.717) is 18.7 Å². The molecule has 2 fully saturated rings. The summed E-state index contributed by atoms with van der Waals surface area (Å²) < 4.78 is 0. The number of carboxylic acids is 1. The van der Waals surface area contributed by atoms with Gasteiger partial charge in [-0.25, -0.2) is 9.59 Å². The van der Waals surface area contributed by atoms with Gasteiger partial charge in [-0.1, -0.05) is 13.8 Å². The average molecular weight is 302 g/mol. The van der Waals surface area contributed by atoms with Gasteiger partial charge < -0.3 is 15.1 Å². The Morgan fingerprint density at radius 3 is 2.50 bits per heavy atom. The number of carboxylic acid groups (broad SMARTS) is 1. The van der Waals surface area contributed by atoms with Crippen LogP contribution in [0.1, 0.15) is 27.2 Å². The predicted octanol–water partition coefficient (Wildman–Crippen LogP) is 1.05. The molecule has 0 bridgehead atoms. The Balaban J connectivity index is 2.17. The van der Waals surface area contributed by atoms with Crippen LogP contribution in [0.25, 0.3) is 0 Å². The Labute approximate surface area is 123 Å². The normalized spacial score (nSPS) is 34.0. The number of likely N-dealkylation sites (tertiary alicyclic amines) is 1. The summed E-state index contributed by atoms with van der Waals surface area (Å²) in [6.07, 6.45) is 0.532. The second-order valence-corrected chi connectivity index (χ2v) is 7.33. The standard InChI is InChI=1S/C13H22N2O4S/c1-8(2)10-15(9(6-20-10)11(16)17)12(18)14-5-4-13(3,19)7-14/h8-10,19H,4-7H2,1-3H3,(H,16,17). The van der Waals surface area contributed by atoms with Crippen molar-refractivity contribution in [3.05, 3.63) is 0 Å². The molecule has 114 valence electrons. The molecule has 7 heteroatoms. The van der Waals surface area contributed by atoms with Crippen molar-refractivity contribution in [3.8, 4) is 0 Å². The first-order valence-corrected chi connectivity index (χ1v) is 7.92. The van der Waals surface area contributed by atoms with E-state index in [9.17, 15) is 19.8 Å². The maximum atomic E-state index is 12.6. The van der Waals surface area contributed by atoms with Crippen molar-refractivity contribution in [3.63, 3.8) is 0 Å². The van der Waals surface area contributed by atoms with Crippen molar-refractivity contribution >= 4 is 23.8 Å². The number of carbonyl (C=O) groups excluding carboxylic acids is 1. The molecule has 2 amide bonds. The van der Waals surface area contributed by atoms with Gasteiger partial charge in [-0.05, 0) is 19.3 Å². The molecular formula is C13H22N2O4S. The minimum atomic E-state index is -0.958. The lowest BCUT2D eigenvalue weighted by Gasteiger charge is -2.33. The molecular weight excluding hydrogens is 280 g/mol. The van der Waals surface area contributed by atoms with Crippen LogP contribution in [0.2, 0.25) is 0 Å². The van der Waals surface area contributed by atoms with E-state index < -0.39 is 17.6 Å². The number of hydrogen-bond acceptors (Lipinski definition) is 4. The Bertz CT molecular complexity index is 413. The van der Waals surface area contributed by atoms with Crippen LogP contribution in [0.15, 0.2) is 0 Å². The van der Waals surface area contributed by atoms with Crippen LogP contribution < -0.4 is 0 Å². The number of aliphatic carboxylic acids is 1. The van der Waals surface area contributed by atoms with Crippen molar-refractivity contribution in [1.29, 1.82) is 0 Å². The zero-order chi connectivity index (χ0) is 15.1. The molecule has 0 aromatic carbocycles. The second kappa shape index (κ2) is 5.44. The average Bonchev–Trinajstić information content (AvgIpc) is 2.91. The maximum absolute atomic E-state index is 12.6. The fraction of sp³-hybridized carbons (Fsp3) is 0.846. The smallest absolute Gasteiger partial charge is 0.327 e. The van der Waals surface area contributed by atoms with Gasteiger partial charge in [-0.3, -0.25) is 4.90 Å². The summed E-state index contributed by atoms with van der Waals surface area (Å²) in [6.45, 7) is 6.42. The third-order valence-electron chi connectivity index (χ3n) is 3.83. The van der Waals surface area contributed by atoms with E-state index in [1.165, 1.54) is 16.7 Å². The van der Waals surface area contributed by atoms with Crippen LogP contribution in [0.5, 0.6) is 0 Å². The number of β-amino-alcohol motifs (C(OH)–C–C–N with tert-alkyl or cyclic N) is 1. The second-order valence-electron chi connectivity index (χ2n) is 6.18. The van der Waals surface area contributed by atoms with E-state index >= 15 is 0 Å². The van der Waals surface area contributed by atoms with E-state index in [1.54, 1.807) is 11.8 Å². The van der Waals surface area contributed by atoms with E-state index in [-0.39, 0.29) is 23.9 Å². The number of carbonyl (C=O) groups is 2. The fourth-order valence-electron chi connectivity index (χ4n) is 2.75. The molecule has 6 nitrogen and oxygen atoms in total. The number of nitrogens with zero attached hydrogens (tertiary/aromatic N) is 2. The molecule has 3 unspecified atom stereocenters. The summed E-state index contributed by atoms with van der Waals surface area (Å²) >= 11 is 1.52. The highest BCUT2D eigenvalue weighted by Gasteiger charge is 2.46. The molecule has 2 aliphatic heterocycles. The predicted molar refractivity (Wildman–Crippen MR) is 76.6 cm³/mol. The quantitative estimate of drug-likeness (QED) is 0.797. The number of aliphatic hydroxyl groups is 1. The summed E-state index contributed by atoms with van der Waals surface area (Å²) in [5, 5.41) is 19.2. The zero-order valence-electron chi connectivity index (χ0n) is 12.1. The highest BCUT2D eigenvalue weighted by atomic mass is 32.2. The van der Waals surface area contributed by atoms with Crippen LogP contribution in [-0.2, 0) is 4.79 Å². The summed E-state index contributed by atoms with van der Waals surface area (Å²) in [7, 11) is 0. The molecule has 20 heavy (non-hydrogen) atoms. The summed E-state index contributed by atoms with van der Waals surface area (Å²) in [4.78, 5) is 27.0. The van der Waals surface area contributed by atoms with Gasteiger partial charge in [0.2, 0.25) is 0 Å². The first-order chi connectivity index (χ1) is 9.23. The number of amides is 2. The molecule has 0 radical (unpaired) electrons. The Kier molecular flexibility index (Phi) is 4.20. The zero-order valence-corrected chi connectivity index (χ0v) is 12.9. The summed E-state index contributed by atoms with van der Waals surface area (Å²) in [5.74, 6) is -0.342. The largest absolute Gasteiger partial charge is 0.480 e. The summed E-state index contributed by atoms with van der Waals surface area (Å²) in [6, 6.07) is -1.04. The molecule has 2 N–H and O–H groups in total. The molecule has 0 aliphatic carbocycles. The molecule has 2 rings (SSSR count). The van der Waals surface area contributed by atoms with Crippen molar-refractivity contribution in [2.45, 2.75) is 44.2 Å². The number of urea groups is 1. The van der Waals surface area contributed by atoms with Crippen LogP contribution in [0, 0.1) is 5.92 Å². The fourth-order valence-corrected chi connectivity index (χ4v) is 4.21. The maximum Gasteiger partial charge on any atom is 0.327 e. The molecule has 3 atom stereocenters. The van der Waals surface area contributed by atoms with Crippen molar-refractivity contribution in [2.75, 3.05) is 18.8 Å². The van der Waals surface area contributed by atoms with E-state index in [1.807, 2.05) is 13.8 Å². The van der Waals surface area contributed by atoms with Gasteiger partial charge in [0.15, 0.2) is 0 Å². The monoisotopic (exact) mass is 302 g/mol. The van der Waals surface area contributed by atoms with Crippen LogP contribution in [-0.4, -0.2) is 67.9 Å². The summed E-state index contributed by atoms with van der Waals surface area (Å²) in [5.41, 5.74) is -0.866. The minimum Gasteiger partial charge on any atom is -0.480 e. The first-order valence-electron chi connectivity index (χ1n) is 6.87. The minimum absolute atomic E-state index is 0.117. The van der Waals surface area contributed by atoms with Crippen molar-refractivity contribution in [2.24, 2.45) is 5.92 Å². The highest BCUT2D eigenvalue weighted by molar-refractivity contribution is 8.00. The topological polar surface area (TPSA) is 81.1 Å². The molecule has 2 heterocycles. The number of thioether (sulfide) groups is 1. The van der Waals surface area contributed by atoms with Gasteiger partial charge in [0, 0.05) is 12.3 Å². The van der Waals surface area contributed by atoms with Crippen molar-refractivity contribution < 1.29 is 19.8 Å². The van der Waals surface area contributed by atoms with Crippen LogP contribution >= 0.6 is 11.8 Å². The van der Waals surface area contributed by atoms with Crippen molar-refractivity contribution in [1.82, 2.24) is 9.80 Å². The van der Waals surface area contributed by atoms with Gasteiger partial charge in [-0.15, -0.1) is 11.8 Å². The molecule has 2 aliphatic rings. The molecule has 0 aromatic rings. The first kappa shape index (κ1) is 15.4. The Hall–Kier alpha value is -0.950. The lowest BCUT2D eigenvalue weighted by atomic mass is 10.1.